The zero-order chi connectivity index (χ0) is 19.0. The molecule has 6 nitrogen and oxygen atoms in total. The fourth-order valence-corrected chi connectivity index (χ4v) is 4.63. The monoisotopic (exact) mass is 384 g/mol. The minimum atomic E-state index is -3.92. The molecule has 0 amide bonds. The minimum absolute atomic E-state index is 0.101. The maximum absolute atomic E-state index is 12.9. The van der Waals surface area contributed by atoms with Gasteiger partial charge in [0.1, 0.15) is 5.58 Å². The Morgan fingerprint density at radius 1 is 1.04 bits per heavy atom. The molecular weight excluding hydrogens is 364 g/mol. The van der Waals surface area contributed by atoms with E-state index in [1.54, 1.807) is 30.3 Å². The summed E-state index contributed by atoms with van der Waals surface area (Å²) in [6.07, 6.45) is 2.88. The Hall–Kier alpha value is -2.80. The minimum Gasteiger partial charge on any atom is -0.421 e. The summed E-state index contributed by atoms with van der Waals surface area (Å²) < 4.78 is 33.6. The van der Waals surface area contributed by atoms with Gasteiger partial charge in [-0.1, -0.05) is 18.2 Å². The predicted molar refractivity (Wildman–Crippen MR) is 106 cm³/mol. The zero-order valence-electron chi connectivity index (χ0n) is 14.9. The lowest BCUT2D eigenvalue weighted by atomic mass is 10.1. The molecule has 0 aliphatic heterocycles. The van der Waals surface area contributed by atoms with Crippen molar-refractivity contribution in [1.82, 2.24) is 0 Å². The summed E-state index contributed by atoms with van der Waals surface area (Å²) >= 11 is 0. The highest BCUT2D eigenvalue weighted by molar-refractivity contribution is 7.92. The van der Waals surface area contributed by atoms with Crippen molar-refractivity contribution >= 4 is 32.4 Å². The number of benzene rings is 2. The van der Waals surface area contributed by atoms with Gasteiger partial charge in [-0.2, -0.15) is 0 Å². The van der Waals surface area contributed by atoms with Gasteiger partial charge in [-0.25, -0.2) is 13.2 Å². The fourth-order valence-electron chi connectivity index (χ4n) is 3.51. The van der Waals surface area contributed by atoms with E-state index in [9.17, 15) is 13.2 Å². The van der Waals surface area contributed by atoms with Gasteiger partial charge >= 0.3 is 5.63 Å². The van der Waals surface area contributed by atoms with E-state index in [1.807, 2.05) is 19.1 Å². The van der Waals surface area contributed by atoms with Gasteiger partial charge in [-0.3, -0.25) is 4.72 Å². The van der Waals surface area contributed by atoms with E-state index in [2.05, 4.69) is 10.0 Å². The van der Waals surface area contributed by atoms with E-state index in [4.69, 9.17) is 4.42 Å². The number of rotatable bonds is 5. The Balaban J connectivity index is 1.81. The molecular formula is C20H20N2O4S. The number of nitrogens with one attached hydrogen (secondary N) is 2. The Labute approximate surface area is 157 Å². The van der Waals surface area contributed by atoms with Crippen molar-refractivity contribution in [3.8, 4) is 0 Å². The molecule has 0 saturated carbocycles. The largest absolute Gasteiger partial charge is 0.421 e. The molecule has 7 heteroatoms. The molecule has 0 unspecified atom stereocenters. The Morgan fingerprint density at radius 3 is 2.63 bits per heavy atom. The standard InChI is InChI=1S/C20H20N2O4S/c1-2-21-18-16-8-3-4-9-17(16)26-20(23)19(18)22-27(24,25)15-11-10-13-6-5-7-14(13)12-15/h3-4,8-12,21-22H,2,5-7H2,1H3. The first-order valence-corrected chi connectivity index (χ1v) is 10.4. The van der Waals surface area contributed by atoms with Crippen LogP contribution in [-0.2, 0) is 22.9 Å². The van der Waals surface area contributed by atoms with Gasteiger partial charge in [0.2, 0.25) is 0 Å². The first-order valence-electron chi connectivity index (χ1n) is 8.94. The van der Waals surface area contributed by atoms with Crippen LogP contribution in [0.15, 0.2) is 56.6 Å². The van der Waals surface area contributed by atoms with Gasteiger partial charge in [-0.05, 0) is 61.6 Å². The first kappa shape index (κ1) is 17.6. The number of anilines is 2. The third-order valence-corrected chi connectivity index (χ3v) is 6.13. The molecule has 1 heterocycles. The van der Waals surface area contributed by atoms with Crippen LogP contribution in [0.3, 0.4) is 0 Å². The van der Waals surface area contributed by atoms with E-state index < -0.39 is 15.6 Å². The Kier molecular flexibility index (Phi) is 4.39. The van der Waals surface area contributed by atoms with Gasteiger partial charge in [-0.15, -0.1) is 0 Å². The molecule has 4 rings (SSSR count). The quantitative estimate of drug-likeness (QED) is 0.657. The van der Waals surface area contributed by atoms with E-state index in [1.165, 1.54) is 5.56 Å². The van der Waals surface area contributed by atoms with Gasteiger partial charge in [0.05, 0.1) is 10.6 Å². The van der Waals surface area contributed by atoms with Crippen molar-refractivity contribution in [3.63, 3.8) is 0 Å². The predicted octanol–water partition coefficient (Wildman–Crippen LogP) is 3.51. The van der Waals surface area contributed by atoms with Crippen molar-refractivity contribution in [2.75, 3.05) is 16.6 Å². The molecule has 1 aliphatic carbocycles. The Bertz CT molecular complexity index is 1180. The molecule has 2 N–H and O–H groups in total. The highest BCUT2D eigenvalue weighted by atomic mass is 32.2. The van der Waals surface area contributed by atoms with E-state index in [0.717, 1.165) is 24.8 Å². The summed E-state index contributed by atoms with van der Waals surface area (Å²) in [7, 11) is -3.92. The summed E-state index contributed by atoms with van der Waals surface area (Å²) in [6.45, 7) is 2.41. The molecule has 2 aromatic carbocycles. The summed E-state index contributed by atoms with van der Waals surface area (Å²) in [4.78, 5) is 12.6. The lowest BCUT2D eigenvalue weighted by Crippen LogP contribution is -2.21. The molecule has 0 spiro atoms. The lowest BCUT2D eigenvalue weighted by molar-refractivity contribution is 0.563. The number of hydrogen-bond donors (Lipinski definition) is 2. The van der Waals surface area contributed by atoms with Crippen molar-refractivity contribution < 1.29 is 12.8 Å². The average Bonchev–Trinajstić information content (AvgIpc) is 3.12. The molecule has 3 aromatic rings. The summed E-state index contributed by atoms with van der Waals surface area (Å²) in [5, 5.41) is 3.73. The molecule has 140 valence electrons. The summed E-state index contributed by atoms with van der Waals surface area (Å²) in [5.41, 5.74) is 2.24. The second-order valence-corrected chi connectivity index (χ2v) is 8.24. The van der Waals surface area contributed by atoms with Crippen molar-refractivity contribution in [2.45, 2.75) is 31.1 Å². The molecule has 27 heavy (non-hydrogen) atoms. The van der Waals surface area contributed by atoms with Crippen LogP contribution in [0.4, 0.5) is 11.4 Å². The molecule has 0 bridgehead atoms. The summed E-state index contributed by atoms with van der Waals surface area (Å²) in [6, 6.07) is 12.2. The third-order valence-electron chi connectivity index (χ3n) is 4.78. The highest BCUT2D eigenvalue weighted by Gasteiger charge is 2.23. The fraction of sp³-hybridized carbons (Fsp3) is 0.250. The Morgan fingerprint density at radius 2 is 1.81 bits per heavy atom. The molecule has 0 radical (unpaired) electrons. The van der Waals surface area contributed by atoms with Crippen LogP contribution in [0.5, 0.6) is 0 Å². The number of aryl methyl sites for hydroxylation is 2. The van der Waals surface area contributed by atoms with Gasteiger partial charge < -0.3 is 9.73 Å². The SMILES string of the molecule is CCNc1c(NS(=O)(=O)c2ccc3c(c2)CCC3)c(=O)oc2ccccc12. The van der Waals surface area contributed by atoms with Crippen LogP contribution in [-0.4, -0.2) is 15.0 Å². The van der Waals surface area contributed by atoms with Crippen molar-refractivity contribution in [2.24, 2.45) is 0 Å². The first-order chi connectivity index (χ1) is 13.0. The average molecular weight is 384 g/mol. The van der Waals surface area contributed by atoms with E-state index in [0.29, 0.717) is 23.2 Å². The zero-order valence-corrected chi connectivity index (χ0v) is 15.7. The molecule has 0 saturated heterocycles. The molecule has 0 fully saturated rings. The smallest absolute Gasteiger partial charge is 0.363 e. The van der Waals surface area contributed by atoms with Crippen LogP contribution in [0.25, 0.3) is 11.0 Å². The van der Waals surface area contributed by atoms with Crippen LogP contribution in [0.1, 0.15) is 24.5 Å². The maximum atomic E-state index is 12.9. The van der Waals surface area contributed by atoms with Crippen molar-refractivity contribution in [1.29, 1.82) is 0 Å². The number of hydrogen-bond acceptors (Lipinski definition) is 5. The topological polar surface area (TPSA) is 88.4 Å². The van der Waals surface area contributed by atoms with E-state index >= 15 is 0 Å². The normalized spacial score (nSPS) is 13.5. The maximum Gasteiger partial charge on any atom is 0.363 e. The number of fused-ring (bicyclic) bond motifs is 2. The molecule has 1 aromatic heterocycles. The van der Waals surface area contributed by atoms with Gasteiger partial charge in [0, 0.05) is 11.9 Å². The lowest BCUT2D eigenvalue weighted by Gasteiger charge is -2.14. The summed E-state index contributed by atoms with van der Waals surface area (Å²) in [5.74, 6) is 0. The number of para-hydroxylation sites is 1. The second-order valence-electron chi connectivity index (χ2n) is 6.56. The van der Waals surface area contributed by atoms with Gasteiger partial charge in [0.15, 0.2) is 5.69 Å². The molecule has 0 atom stereocenters. The second kappa shape index (κ2) is 6.74. The molecule has 1 aliphatic rings. The van der Waals surface area contributed by atoms with Crippen LogP contribution >= 0.6 is 0 Å². The van der Waals surface area contributed by atoms with Crippen LogP contribution < -0.4 is 15.7 Å². The highest BCUT2D eigenvalue weighted by Crippen LogP contribution is 2.31. The van der Waals surface area contributed by atoms with Crippen molar-refractivity contribution in [3.05, 3.63) is 64.0 Å². The van der Waals surface area contributed by atoms with Crippen LogP contribution in [0.2, 0.25) is 0 Å². The third kappa shape index (κ3) is 3.19. The van der Waals surface area contributed by atoms with Crippen LogP contribution in [0, 0.1) is 0 Å². The van der Waals surface area contributed by atoms with E-state index in [-0.39, 0.29) is 10.6 Å². The van der Waals surface area contributed by atoms with Gasteiger partial charge in [0.25, 0.3) is 10.0 Å². The number of sulfonamides is 1.